The van der Waals surface area contributed by atoms with E-state index < -0.39 is 0 Å². The second-order valence-corrected chi connectivity index (χ2v) is 5.66. The topological polar surface area (TPSA) is 53.1 Å². The summed E-state index contributed by atoms with van der Waals surface area (Å²) in [5, 5.41) is 4.40. The van der Waals surface area contributed by atoms with Crippen molar-refractivity contribution in [2.75, 3.05) is 12.8 Å². The quantitative estimate of drug-likeness (QED) is 0.939. The maximum absolute atomic E-state index is 5.83. The van der Waals surface area contributed by atoms with Gasteiger partial charge in [-0.25, -0.2) is 0 Å². The van der Waals surface area contributed by atoms with Crippen LogP contribution in [0.3, 0.4) is 0 Å². The number of methoxy groups -OCH3 is 1. The Balaban J connectivity index is 2.60. The van der Waals surface area contributed by atoms with Crippen LogP contribution in [0.25, 0.3) is 11.3 Å². The molecule has 102 valence electrons. The van der Waals surface area contributed by atoms with E-state index in [0.717, 1.165) is 21.5 Å². The Kier molecular flexibility index (Phi) is 3.85. The zero-order chi connectivity index (χ0) is 14.2. The average molecular weight is 324 g/mol. The minimum atomic E-state index is 0.422. The molecule has 1 heterocycles. The van der Waals surface area contributed by atoms with E-state index in [0.29, 0.717) is 11.7 Å². The number of aryl methyl sites for hydroxylation is 1. The number of hydrogen-bond donors (Lipinski definition) is 1. The lowest BCUT2D eigenvalue weighted by Crippen LogP contribution is -1.97. The Bertz CT molecular complexity index is 585. The van der Waals surface area contributed by atoms with Crippen molar-refractivity contribution in [3.63, 3.8) is 0 Å². The Labute approximate surface area is 121 Å². The lowest BCUT2D eigenvalue weighted by molar-refractivity contribution is 0.415. The van der Waals surface area contributed by atoms with Crippen LogP contribution in [0.5, 0.6) is 5.75 Å². The summed E-state index contributed by atoms with van der Waals surface area (Å²) in [6.07, 6.45) is 0. The highest BCUT2D eigenvalue weighted by molar-refractivity contribution is 9.10. The monoisotopic (exact) mass is 323 g/mol. The molecule has 0 fully saturated rings. The molecule has 19 heavy (non-hydrogen) atoms. The molecule has 0 aliphatic rings. The summed E-state index contributed by atoms with van der Waals surface area (Å²) >= 11 is 3.61. The maximum Gasteiger partial charge on any atom is 0.128 e. The fourth-order valence-corrected chi connectivity index (χ4v) is 2.80. The fraction of sp³-hybridized carbons (Fsp3) is 0.357. The minimum absolute atomic E-state index is 0.422. The van der Waals surface area contributed by atoms with Gasteiger partial charge in [0.2, 0.25) is 0 Å². The first-order chi connectivity index (χ1) is 8.93. The van der Waals surface area contributed by atoms with Gasteiger partial charge < -0.3 is 10.5 Å². The normalized spacial score (nSPS) is 11.1. The lowest BCUT2D eigenvalue weighted by atomic mass is 10.00. The molecule has 0 aliphatic heterocycles. The van der Waals surface area contributed by atoms with Gasteiger partial charge in [-0.3, -0.25) is 4.68 Å². The molecule has 0 saturated heterocycles. The minimum Gasteiger partial charge on any atom is -0.496 e. The summed E-state index contributed by atoms with van der Waals surface area (Å²) in [7, 11) is 3.49. The third-order valence-electron chi connectivity index (χ3n) is 3.13. The second-order valence-electron chi connectivity index (χ2n) is 4.81. The largest absolute Gasteiger partial charge is 0.496 e. The standard InChI is InChI=1S/C14H18BrN3O/c1-8(2)9-6-13(19-4)10(5-11(9)15)12-7-14(16)18(3)17-12/h5-8H,16H2,1-4H3. The van der Waals surface area contributed by atoms with E-state index in [1.807, 2.05) is 19.2 Å². The smallest absolute Gasteiger partial charge is 0.128 e. The summed E-state index contributed by atoms with van der Waals surface area (Å²) in [6.45, 7) is 4.30. The van der Waals surface area contributed by atoms with Crippen LogP contribution in [0.4, 0.5) is 5.82 Å². The van der Waals surface area contributed by atoms with Gasteiger partial charge >= 0.3 is 0 Å². The molecule has 0 spiro atoms. The van der Waals surface area contributed by atoms with Crippen molar-refractivity contribution in [3.05, 3.63) is 28.2 Å². The van der Waals surface area contributed by atoms with Crippen LogP contribution in [0.15, 0.2) is 22.7 Å². The second kappa shape index (κ2) is 5.25. The summed E-state index contributed by atoms with van der Waals surface area (Å²) in [4.78, 5) is 0. The number of nitrogen functional groups attached to an aromatic ring is 1. The molecule has 0 unspecified atom stereocenters. The number of benzene rings is 1. The first kappa shape index (κ1) is 13.9. The maximum atomic E-state index is 5.83. The summed E-state index contributed by atoms with van der Waals surface area (Å²) in [6, 6.07) is 5.93. The molecule has 4 nitrogen and oxygen atoms in total. The van der Waals surface area contributed by atoms with Crippen LogP contribution < -0.4 is 10.5 Å². The Hall–Kier alpha value is -1.49. The van der Waals surface area contributed by atoms with Crippen molar-refractivity contribution in [1.29, 1.82) is 0 Å². The molecule has 2 rings (SSSR count). The van der Waals surface area contributed by atoms with Gasteiger partial charge in [-0.05, 0) is 23.6 Å². The van der Waals surface area contributed by atoms with E-state index in [1.165, 1.54) is 5.56 Å². The molecule has 1 aromatic carbocycles. The molecule has 0 amide bonds. The van der Waals surface area contributed by atoms with Crippen molar-refractivity contribution in [2.24, 2.45) is 7.05 Å². The van der Waals surface area contributed by atoms with Gasteiger partial charge in [-0.2, -0.15) is 5.10 Å². The van der Waals surface area contributed by atoms with Crippen LogP contribution in [0.2, 0.25) is 0 Å². The highest BCUT2D eigenvalue weighted by atomic mass is 79.9. The van der Waals surface area contributed by atoms with E-state index in [-0.39, 0.29) is 0 Å². The van der Waals surface area contributed by atoms with Gasteiger partial charge in [0, 0.05) is 23.2 Å². The zero-order valence-corrected chi connectivity index (χ0v) is 13.2. The molecule has 1 aromatic heterocycles. The average Bonchev–Trinajstić information content (AvgIpc) is 2.68. The molecule has 0 saturated carbocycles. The number of halogens is 1. The number of rotatable bonds is 3. The molecule has 2 aromatic rings. The van der Waals surface area contributed by atoms with E-state index in [1.54, 1.807) is 11.8 Å². The Morgan fingerprint density at radius 1 is 1.32 bits per heavy atom. The Morgan fingerprint density at radius 3 is 2.47 bits per heavy atom. The van der Waals surface area contributed by atoms with Crippen LogP contribution in [-0.2, 0) is 7.05 Å². The summed E-state index contributed by atoms with van der Waals surface area (Å²) in [5.74, 6) is 1.86. The van der Waals surface area contributed by atoms with Gasteiger partial charge in [-0.1, -0.05) is 29.8 Å². The SMILES string of the molecule is COc1cc(C(C)C)c(Br)cc1-c1cc(N)n(C)n1. The number of anilines is 1. The number of nitrogens with two attached hydrogens (primary N) is 1. The molecule has 0 radical (unpaired) electrons. The van der Waals surface area contributed by atoms with E-state index in [4.69, 9.17) is 10.5 Å². The van der Waals surface area contributed by atoms with Gasteiger partial charge in [0.1, 0.15) is 11.6 Å². The number of hydrogen-bond acceptors (Lipinski definition) is 3. The third-order valence-corrected chi connectivity index (χ3v) is 3.82. The number of nitrogens with zero attached hydrogens (tertiary/aromatic N) is 2. The van der Waals surface area contributed by atoms with Gasteiger partial charge in [0.25, 0.3) is 0 Å². The lowest BCUT2D eigenvalue weighted by Gasteiger charge is -2.13. The van der Waals surface area contributed by atoms with Crippen LogP contribution in [-0.4, -0.2) is 16.9 Å². The molecule has 5 heteroatoms. The predicted octanol–water partition coefficient (Wildman–Crippen LogP) is 3.56. The van der Waals surface area contributed by atoms with Crippen molar-refractivity contribution in [3.8, 4) is 17.0 Å². The van der Waals surface area contributed by atoms with Crippen molar-refractivity contribution in [2.45, 2.75) is 19.8 Å². The highest BCUT2D eigenvalue weighted by Gasteiger charge is 2.15. The molecular weight excluding hydrogens is 306 g/mol. The fourth-order valence-electron chi connectivity index (χ4n) is 1.99. The summed E-state index contributed by atoms with van der Waals surface area (Å²) in [5.41, 5.74) is 8.80. The Morgan fingerprint density at radius 2 is 2.00 bits per heavy atom. The van der Waals surface area contributed by atoms with Crippen LogP contribution in [0, 0.1) is 0 Å². The highest BCUT2D eigenvalue weighted by Crippen LogP contribution is 2.37. The molecule has 0 bridgehead atoms. The van der Waals surface area contributed by atoms with E-state index in [2.05, 4.69) is 40.9 Å². The van der Waals surface area contributed by atoms with Crippen molar-refractivity contribution >= 4 is 21.7 Å². The van der Waals surface area contributed by atoms with E-state index in [9.17, 15) is 0 Å². The van der Waals surface area contributed by atoms with Crippen molar-refractivity contribution < 1.29 is 4.74 Å². The summed E-state index contributed by atoms with van der Waals surface area (Å²) < 4.78 is 8.19. The number of ether oxygens (including phenoxy) is 1. The van der Waals surface area contributed by atoms with Crippen LogP contribution >= 0.6 is 15.9 Å². The van der Waals surface area contributed by atoms with E-state index >= 15 is 0 Å². The first-order valence-electron chi connectivity index (χ1n) is 6.11. The van der Waals surface area contributed by atoms with Gasteiger partial charge in [-0.15, -0.1) is 0 Å². The first-order valence-corrected chi connectivity index (χ1v) is 6.90. The van der Waals surface area contributed by atoms with Crippen molar-refractivity contribution in [1.82, 2.24) is 9.78 Å². The molecule has 0 aliphatic carbocycles. The zero-order valence-electron chi connectivity index (χ0n) is 11.6. The molecule has 0 atom stereocenters. The van der Waals surface area contributed by atoms with Crippen LogP contribution in [0.1, 0.15) is 25.3 Å². The third kappa shape index (κ3) is 2.61. The molecule has 2 N–H and O–H groups in total. The predicted molar refractivity (Wildman–Crippen MR) is 81.4 cm³/mol. The van der Waals surface area contributed by atoms with Gasteiger partial charge in [0.05, 0.1) is 12.8 Å². The molecular formula is C14H18BrN3O. The number of aromatic nitrogens is 2. The van der Waals surface area contributed by atoms with Gasteiger partial charge in [0.15, 0.2) is 0 Å².